The first-order valence-electron chi connectivity index (χ1n) is 13.5. The first-order valence-corrected chi connectivity index (χ1v) is 16.1. The van der Waals surface area contributed by atoms with Crippen LogP contribution in [0.1, 0.15) is 44.6 Å². The molecule has 7 nitrogen and oxygen atoms in total. The van der Waals surface area contributed by atoms with Crippen molar-refractivity contribution in [3.8, 4) is 0 Å². The van der Waals surface area contributed by atoms with Crippen molar-refractivity contribution in [1.82, 2.24) is 10.2 Å². The number of benzene rings is 3. The number of hydrogen-bond acceptors (Lipinski definition) is 4. The van der Waals surface area contributed by atoms with Gasteiger partial charge in [-0.15, -0.1) is 0 Å². The van der Waals surface area contributed by atoms with E-state index in [0.717, 1.165) is 30.0 Å². The number of carbonyl (C=O) groups excluding carboxylic acids is 2. The number of sulfonamides is 1. The zero-order chi connectivity index (χ0) is 29.6. The third-order valence-corrected chi connectivity index (χ3v) is 10.1. The maximum absolute atomic E-state index is 14.2. The van der Waals surface area contributed by atoms with Crippen LogP contribution >= 0.6 is 34.8 Å². The summed E-state index contributed by atoms with van der Waals surface area (Å²) in [4.78, 5) is 29.1. The van der Waals surface area contributed by atoms with Crippen molar-refractivity contribution in [3.63, 3.8) is 0 Å². The summed E-state index contributed by atoms with van der Waals surface area (Å²) in [6, 6.07) is 18.6. The zero-order valence-corrected chi connectivity index (χ0v) is 25.7. The van der Waals surface area contributed by atoms with Gasteiger partial charge in [-0.25, -0.2) is 8.42 Å². The summed E-state index contributed by atoms with van der Waals surface area (Å²) in [5.74, 6) is -0.869. The highest BCUT2D eigenvalue weighted by molar-refractivity contribution is 7.92. The second-order valence-corrected chi connectivity index (χ2v) is 13.0. The second kappa shape index (κ2) is 13.9. The standard InChI is InChI=1S/C30H32Cl3N3O4S/c1-2-26(30(38)34-22-12-7-8-13-22)35(19-21-11-6-9-16-24(21)31)28(37)20-36(27-18-10-17-25(32)29(27)33)41(39,40)23-14-4-3-5-15-23/h3-6,9-11,14-18,22,26H,2,7-8,12-13,19-20H2,1H3,(H,34,38). The molecule has 3 aromatic rings. The van der Waals surface area contributed by atoms with Crippen molar-refractivity contribution >= 4 is 62.3 Å². The number of hydrogen-bond donors (Lipinski definition) is 1. The van der Waals surface area contributed by atoms with Gasteiger partial charge in [-0.05, 0) is 55.2 Å². The lowest BCUT2D eigenvalue weighted by atomic mass is 10.1. The summed E-state index contributed by atoms with van der Waals surface area (Å²) in [7, 11) is -4.26. The minimum atomic E-state index is -4.26. The van der Waals surface area contributed by atoms with E-state index in [1.807, 2.05) is 6.92 Å². The van der Waals surface area contributed by atoms with E-state index in [0.29, 0.717) is 17.0 Å². The molecule has 1 atom stereocenters. The summed E-state index contributed by atoms with van der Waals surface area (Å²) in [5.41, 5.74) is 0.686. The van der Waals surface area contributed by atoms with Crippen molar-refractivity contribution in [2.24, 2.45) is 0 Å². The molecule has 1 N–H and O–H groups in total. The van der Waals surface area contributed by atoms with Crippen LogP contribution in [0.5, 0.6) is 0 Å². The molecule has 0 aliphatic heterocycles. The van der Waals surface area contributed by atoms with Crippen LogP contribution in [0, 0.1) is 0 Å². The van der Waals surface area contributed by atoms with Crippen LogP contribution in [0.15, 0.2) is 77.7 Å². The molecule has 0 bridgehead atoms. The second-order valence-electron chi connectivity index (χ2n) is 9.92. The SMILES string of the molecule is CCC(C(=O)NC1CCCC1)N(Cc1ccccc1Cl)C(=O)CN(c1cccc(Cl)c1Cl)S(=O)(=O)c1ccccc1. The highest BCUT2D eigenvalue weighted by atomic mass is 35.5. The van der Waals surface area contributed by atoms with Gasteiger partial charge in [-0.1, -0.05) is 97.0 Å². The molecule has 218 valence electrons. The molecular formula is C30H32Cl3N3O4S. The summed E-state index contributed by atoms with van der Waals surface area (Å²) in [6.07, 6.45) is 4.17. The molecule has 0 heterocycles. The van der Waals surface area contributed by atoms with E-state index in [-0.39, 0.29) is 39.1 Å². The number of amides is 2. The van der Waals surface area contributed by atoms with Gasteiger partial charge in [0.25, 0.3) is 10.0 Å². The Morgan fingerprint density at radius 1 is 0.902 bits per heavy atom. The van der Waals surface area contributed by atoms with Crippen molar-refractivity contribution in [1.29, 1.82) is 0 Å². The van der Waals surface area contributed by atoms with Gasteiger partial charge in [0.15, 0.2) is 0 Å². The van der Waals surface area contributed by atoms with Crippen LogP contribution < -0.4 is 9.62 Å². The van der Waals surface area contributed by atoms with Crippen LogP contribution in [0.4, 0.5) is 5.69 Å². The normalized spacial score (nSPS) is 14.4. The molecule has 0 radical (unpaired) electrons. The Morgan fingerprint density at radius 3 is 2.20 bits per heavy atom. The molecule has 4 rings (SSSR count). The van der Waals surface area contributed by atoms with E-state index in [1.54, 1.807) is 48.5 Å². The first kappa shape index (κ1) is 31.2. The lowest BCUT2D eigenvalue weighted by Crippen LogP contribution is -2.53. The quantitative estimate of drug-likeness (QED) is 0.254. The molecule has 1 aliphatic rings. The Balaban J connectivity index is 1.75. The van der Waals surface area contributed by atoms with Gasteiger partial charge in [-0.3, -0.25) is 13.9 Å². The predicted molar refractivity (Wildman–Crippen MR) is 164 cm³/mol. The number of anilines is 1. The third kappa shape index (κ3) is 7.36. The van der Waals surface area contributed by atoms with Gasteiger partial charge in [0, 0.05) is 17.6 Å². The van der Waals surface area contributed by atoms with E-state index >= 15 is 0 Å². The number of carbonyl (C=O) groups is 2. The van der Waals surface area contributed by atoms with Gasteiger partial charge >= 0.3 is 0 Å². The number of nitrogens with zero attached hydrogens (tertiary/aromatic N) is 2. The lowest BCUT2D eigenvalue weighted by molar-refractivity contribution is -0.140. The van der Waals surface area contributed by atoms with Crippen LogP contribution in [0.25, 0.3) is 0 Å². The first-order chi connectivity index (χ1) is 19.6. The van der Waals surface area contributed by atoms with Crippen LogP contribution in [-0.2, 0) is 26.2 Å². The molecule has 3 aromatic carbocycles. The average Bonchev–Trinajstić information content (AvgIpc) is 3.47. The van der Waals surface area contributed by atoms with E-state index in [9.17, 15) is 18.0 Å². The van der Waals surface area contributed by atoms with Crippen molar-refractivity contribution in [3.05, 3.63) is 93.4 Å². The van der Waals surface area contributed by atoms with E-state index < -0.39 is 28.5 Å². The third-order valence-electron chi connectivity index (χ3n) is 7.20. The maximum Gasteiger partial charge on any atom is 0.264 e. The van der Waals surface area contributed by atoms with Gasteiger partial charge in [0.2, 0.25) is 11.8 Å². The molecule has 1 saturated carbocycles. The molecule has 1 unspecified atom stereocenters. The fraction of sp³-hybridized carbons (Fsp3) is 0.333. The number of nitrogens with one attached hydrogen (secondary N) is 1. The summed E-state index contributed by atoms with van der Waals surface area (Å²) in [6.45, 7) is 1.21. The Labute approximate surface area is 256 Å². The Bertz CT molecular complexity index is 1480. The summed E-state index contributed by atoms with van der Waals surface area (Å²) in [5, 5.41) is 3.65. The summed E-state index contributed by atoms with van der Waals surface area (Å²) < 4.78 is 28.8. The average molecular weight is 637 g/mol. The molecule has 11 heteroatoms. The van der Waals surface area contributed by atoms with Crippen molar-refractivity contribution in [2.45, 2.75) is 62.6 Å². The Hall–Kier alpha value is -2.78. The molecule has 2 amide bonds. The molecular weight excluding hydrogens is 605 g/mol. The van der Waals surface area contributed by atoms with Gasteiger partial charge < -0.3 is 10.2 Å². The minimum Gasteiger partial charge on any atom is -0.352 e. The smallest absolute Gasteiger partial charge is 0.264 e. The van der Waals surface area contributed by atoms with Crippen LogP contribution in [0.3, 0.4) is 0 Å². The number of rotatable bonds is 11. The van der Waals surface area contributed by atoms with Crippen molar-refractivity contribution in [2.75, 3.05) is 10.8 Å². The topological polar surface area (TPSA) is 86.8 Å². The minimum absolute atomic E-state index is 0.00913. The van der Waals surface area contributed by atoms with Gasteiger partial charge in [0.1, 0.15) is 12.6 Å². The van der Waals surface area contributed by atoms with E-state index in [2.05, 4.69) is 5.32 Å². The fourth-order valence-corrected chi connectivity index (χ4v) is 7.11. The molecule has 41 heavy (non-hydrogen) atoms. The molecule has 0 saturated heterocycles. The monoisotopic (exact) mass is 635 g/mol. The van der Waals surface area contributed by atoms with Gasteiger partial charge in [0.05, 0.1) is 20.6 Å². The van der Waals surface area contributed by atoms with Gasteiger partial charge in [-0.2, -0.15) is 0 Å². The predicted octanol–water partition coefficient (Wildman–Crippen LogP) is 6.71. The van der Waals surface area contributed by atoms with Crippen LogP contribution in [-0.4, -0.2) is 43.8 Å². The highest BCUT2D eigenvalue weighted by Gasteiger charge is 2.35. The number of halogens is 3. The lowest BCUT2D eigenvalue weighted by Gasteiger charge is -2.34. The molecule has 1 fully saturated rings. The highest BCUT2D eigenvalue weighted by Crippen LogP contribution is 2.35. The molecule has 1 aliphatic carbocycles. The van der Waals surface area contributed by atoms with Crippen LogP contribution in [0.2, 0.25) is 15.1 Å². The largest absolute Gasteiger partial charge is 0.352 e. The Morgan fingerprint density at radius 2 is 1.54 bits per heavy atom. The van der Waals surface area contributed by atoms with E-state index in [4.69, 9.17) is 34.8 Å². The van der Waals surface area contributed by atoms with E-state index in [1.165, 1.54) is 29.2 Å². The molecule has 0 aromatic heterocycles. The summed E-state index contributed by atoms with van der Waals surface area (Å²) >= 11 is 19.2. The van der Waals surface area contributed by atoms with Crippen molar-refractivity contribution < 1.29 is 18.0 Å². The zero-order valence-electron chi connectivity index (χ0n) is 22.6. The Kier molecular flexibility index (Phi) is 10.6. The fourth-order valence-electron chi connectivity index (χ4n) is 5.02. The maximum atomic E-state index is 14.2. The molecule has 0 spiro atoms.